The first-order valence-electron chi connectivity index (χ1n) is 5.23. The summed E-state index contributed by atoms with van der Waals surface area (Å²) in [6, 6.07) is 9.88. The molecule has 1 aromatic heterocycles. The molecule has 3 nitrogen and oxygen atoms in total. The van der Waals surface area contributed by atoms with Gasteiger partial charge in [-0.15, -0.1) is 0 Å². The van der Waals surface area contributed by atoms with Crippen LogP contribution in [0.3, 0.4) is 0 Å². The number of benzene rings is 1. The van der Waals surface area contributed by atoms with Crippen LogP contribution in [0.15, 0.2) is 47.6 Å². The molecule has 2 aromatic rings. The zero-order valence-electron chi connectivity index (χ0n) is 9.48. The van der Waals surface area contributed by atoms with Crippen LogP contribution in [-0.4, -0.2) is 11.1 Å². The zero-order chi connectivity index (χ0) is 13.9. The Bertz CT molecular complexity index is 632. The van der Waals surface area contributed by atoms with Crippen molar-refractivity contribution in [2.75, 3.05) is 0 Å². The van der Waals surface area contributed by atoms with E-state index in [0.717, 1.165) is 18.3 Å². The molecule has 0 saturated heterocycles. The van der Waals surface area contributed by atoms with Gasteiger partial charge in [-0.2, -0.15) is 18.2 Å². The van der Waals surface area contributed by atoms with Crippen LogP contribution in [0.5, 0.6) is 0 Å². The Balaban J connectivity index is 2.57. The maximum absolute atomic E-state index is 12.7. The second-order valence-electron chi connectivity index (χ2n) is 3.66. The van der Waals surface area contributed by atoms with Gasteiger partial charge in [-0.1, -0.05) is 30.3 Å². The number of hydrogen-bond acceptors (Lipinski definition) is 3. The molecule has 0 bridgehead atoms. The third kappa shape index (κ3) is 2.86. The van der Waals surface area contributed by atoms with E-state index in [2.05, 4.69) is 9.98 Å². The van der Waals surface area contributed by atoms with Gasteiger partial charge in [0.1, 0.15) is 5.69 Å². The van der Waals surface area contributed by atoms with Crippen molar-refractivity contribution in [3.05, 3.63) is 48.3 Å². The van der Waals surface area contributed by atoms with Crippen LogP contribution in [0.25, 0.3) is 11.1 Å². The molecule has 0 radical (unpaired) electrons. The van der Waals surface area contributed by atoms with Gasteiger partial charge in [-0.05, 0) is 11.6 Å². The van der Waals surface area contributed by atoms with E-state index < -0.39 is 17.6 Å². The topological polar surface area (TPSA) is 42.3 Å². The van der Waals surface area contributed by atoms with Crippen LogP contribution in [-0.2, 0) is 11.0 Å². The summed E-state index contributed by atoms with van der Waals surface area (Å²) in [5, 5.41) is 0. The van der Waals surface area contributed by atoms with Crippen molar-refractivity contribution in [1.29, 1.82) is 0 Å². The van der Waals surface area contributed by atoms with Gasteiger partial charge in [0.25, 0.3) is 0 Å². The van der Waals surface area contributed by atoms with E-state index >= 15 is 0 Å². The van der Waals surface area contributed by atoms with Gasteiger partial charge < -0.3 is 0 Å². The molecule has 19 heavy (non-hydrogen) atoms. The molecular weight excluding hydrogens is 257 g/mol. The fourth-order valence-electron chi connectivity index (χ4n) is 1.59. The molecule has 6 heteroatoms. The molecule has 0 atom stereocenters. The lowest BCUT2D eigenvalue weighted by Gasteiger charge is -2.09. The average molecular weight is 264 g/mol. The lowest BCUT2D eigenvalue weighted by Crippen LogP contribution is -2.08. The number of halogens is 3. The lowest BCUT2D eigenvalue weighted by atomic mass is 10.1. The summed E-state index contributed by atoms with van der Waals surface area (Å²) in [7, 11) is 0. The minimum atomic E-state index is -4.66. The monoisotopic (exact) mass is 264 g/mol. The van der Waals surface area contributed by atoms with Gasteiger partial charge in [-0.3, -0.25) is 0 Å². The molecule has 0 unspecified atom stereocenters. The van der Waals surface area contributed by atoms with Crippen LogP contribution in [0.4, 0.5) is 18.9 Å². The first-order chi connectivity index (χ1) is 9.02. The third-order valence-corrected chi connectivity index (χ3v) is 2.41. The molecule has 1 heterocycles. The summed E-state index contributed by atoms with van der Waals surface area (Å²) < 4.78 is 38.0. The molecule has 0 aliphatic rings. The average Bonchev–Trinajstić information content (AvgIpc) is 2.39. The molecule has 0 aliphatic carbocycles. The predicted molar refractivity (Wildman–Crippen MR) is 62.5 cm³/mol. The summed E-state index contributed by atoms with van der Waals surface area (Å²) in [5.41, 5.74) is -0.604. The molecule has 0 amide bonds. The molecule has 0 spiro atoms. The first kappa shape index (κ1) is 13.0. The Labute approximate surface area is 106 Å². The molecule has 1 aromatic carbocycles. The lowest BCUT2D eigenvalue weighted by molar-refractivity contribution is -0.140. The van der Waals surface area contributed by atoms with Crippen molar-refractivity contribution < 1.29 is 18.0 Å². The quantitative estimate of drug-likeness (QED) is 0.612. The highest BCUT2D eigenvalue weighted by molar-refractivity contribution is 5.68. The number of nitrogens with zero attached hydrogens (tertiary/aromatic N) is 2. The van der Waals surface area contributed by atoms with E-state index in [1.54, 1.807) is 30.3 Å². The Morgan fingerprint density at radius 2 is 1.79 bits per heavy atom. The SMILES string of the molecule is O=C=Nc1cc(-c2ccccc2)cnc1C(F)(F)F. The normalized spacial score (nSPS) is 10.9. The van der Waals surface area contributed by atoms with Crippen molar-refractivity contribution in [2.45, 2.75) is 6.18 Å². The highest BCUT2D eigenvalue weighted by Gasteiger charge is 2.35. The number of alkyl halides is 3. The van der Waals surface area contributed by atoms with Crippen molar-refractivity contribution >= 4 is 11.8 Å². The van der Waals surface area contributed by atoms with Crippen LogP contribution in [0.1, 0.15) is 5.69 Å². The highest BCUT2D eigenvalue weighted by Crippen LogP contribution is 2.36. The Morgan fingerprint density at radius 3 is 2.37 bits per heavy atom. The summed E-state index contributed by atoms with van der Waals surface area (Å²) in [4.78, 5) is 16.6. The van der Waals surface area contributed by atoms with Gasteiger partial charge in [0.15, 0.2) is 5.69 Å². The fraction of sp³-hybridized carbons (Fsp3) is 0.0769. The summed E-state index contributed by atoms with van der Waals surface area (Å²) in [5.74, 6) is 0. The van der Waals surface area contributed by atoms with Crippen LogP contribution in [0.2, 0.25) is 0 Å². The maximum Gasteiger partial charge on any atom is 0.435 e. The van der Waals surface area contributed by atoms with Crippen LogP contribution >= 0.6 is 0 Å². The van der Waals surface area contributed by atoms with Gasteiger partial charge in [0, 0.05) is 11.8 Å². The Kier molecular flexibility index (Phi) is 3.44. The number of hydrogen-bond donors (Lipinski definition) is 0. The second-order valence-corrected chi connectivity index (χ2v) is 3.66. The number of aromatic nitrogens is 1. The standard InChI is InChI=1S/C13H7F3N2O/c14-13(15,16)12-11(18-8-19)6-10(7-17-12)9-4-2-1-3-5-9/h1-7H. The number of pyridine rings is 1. The van der Waals surface area contributed by atoms with Crippen molar-refractivity contribution in [3.8, 4) is 11.1 Å². The fourth-order valence-corrected chi connectivity index (χ4v) is 1.59. The molecule has 96 valence electrons. The number of aliphatic imine (C=N–C) groups is 1. The molecule has 0 aliphatic heterocycles. The summed E-state index contributed by atoms with van der Waals surface area (Å²) >= 11 is 0. The predicted octanol–water partition coefficient (Wildman–Crippen LogP) is 3.73. The van der Waals surface area contributed by atoms with E-state index in [4.69, 9.17) is 0 Å². The number of rotatable bonds is 2. The van der Waals surface area contributed by atoms with Crippen molar-refractivity contribution in [1.82, 2.24) is 4.98 Å². The van der Waals surface area contributed by atoms with Crippen molar-refractivity contribution in [3.63, 3.8) is 0 Å². The number of carbonyl (C=O) groups excluding carboxylic acids is 1. The largest absolute Gasteiger partial charge is 0.435 e. The van der Waals surface area contributed by atoms with Gasteiger partial charge >= 0.3 is 6.18 Å². The molecule has 0 saturated carbocycles. The summed E-state index contributed by atoms with van der Waals surface area (Å²) in [6.07, 6.45) is -2.45. The van der Waals surface area contributed by atoms with E-state index in [1.165, 1.54) is 0 Å². The second kappa shape index (κ2) is 5.04. The summed E-state index contributed by atoms with van der Waals surface area (Å²) in [6.45, 7) is 0. The van der Waals surface area contributed by atoms with Gasteiger partial charge in [-0.25, -0.2) is 9.78 Å². The van der Waals surface area contributed by atoms with Gasteiger partial charge in [0.2, 0.25) is 6.08 Å². The zero-order valence-corrected chi connectivity index (χ0v) is 9.48. The number of isocyanates is 1. The van der Waals surface area contributed by atoms with E-state index in [0.29, 0.717) is 11.1 Å². The molecular formula is C13H7F3N2O. The Morgan fingerprint density at radius 1 is 1.11 bits per heavy atom. The van der Waals surface area contributed by atoms with Crippen LogP contribution in [0, 0.1) is 0 Å². The van der Waals surface area contributed by atoms with E-state index in [9.17, 15) is 18.0 Å². The molecule has 2 rings (SSSR count). The smallest absolute Gasteiger partial charge is 0.249 e. The Hall–Kier alpha value is -2.46. The van der Waals surface area contributed by atoms with Crippen LogP contribution < -0.4 is 0 Å². The van der Waals surface area contributed by atoms with E-state index in [1.807, 2.05) is 0 Å². The minimum absolute atomic E-state index is 0.447. The minimum Gasteiger partial charge on any atom is -0.249 e. The third-order valence-electron chi connectivity index (χ3n) is 2.41. The molecule has 0 fully saturated rings. The first-order valence-corrected chi connectivity index (χ1v) is 5.23. The van der Waals surface area contributed by atoms with E-state index in [-0.39, 0.29) is 0 Å². The highest BCUT2D eigenvalue weighted by atomic mass is 19.4. The molecule has 0 N–H and O–H groups in total. The maximum atomic E-state index is 12.7. The van der Waals surface area contributed by atoms with Gasteiger partial charge in [0.05, 0.1) is 0 Å². The van der Waals surface area contributed by atoms with Crippen molar-refractivity contribution in [2.24, 2.45) is 4.99 Å².